The standard InChI is InChI=1S/C10H13BrOS/c1-7(2)10(12)4-3-9-5-8(11)6-13-9/h5-7H,3-4H2,1-2H3. The van der Waals surface area contributed by atoms with Crippen molar-refractivity contribution in [3.05, 3.63) is 20.8 Å². The van der Waals surface area contributed by atoms with Crippen molar-refractivity contribution in [3.8, 4) is 0 Å². The molecule has 1 rings (SSSR count). The third-order valence-electron chi connectivity index (χ3n) is 1.88. The lowest BCUT2D eigenvalue weighted by molar-refractivity contribution is -0.121. The minimum atomic E-state index is 0.170. The SMILES string of the molecule is CC(C)C(=O)CCc1cc(Br)cs1. The van der Waals surface area contributed by atoms with Crippen molar-refractivity contribution in [2.24, 2.45) is 5.92 Å². The average molecular weight is 261 g/mol. The van der Waals surface area contributed by atoms with Gasteiger partial charge >= 0.3 is 0 Å². The van der Waals surface area contributed by atoms with E-state index in [4.69, 9.17) is 0 Å². The highest BCUT2D eigenvalue weighted by Crippen LogP contribution is 2.21. The Hall–Kier alpha value is -0.150. The molecule has 1 heterocycles. The maximum absolute atomic E-state index is 11.3. The van der Waals surface area contributed by atoms with Gasteiger partial charge in [0.05, 0.1) is 0 Å². The number of carbonyl (C=O) groups is 1. The zero-order valence-corrected chi connectivity index (χ0v) is 10.2. The van der Waals surface area contributed by atoms with Crippen LogP contribution in [-0.2, 0) is 11.2 Å². The van der Waals surface area contributed by atoms with Gasteiger partial charge < -0.3 is 0 Å². The number of halogens is 1. The summed E-state index contributed by atoms with van der Waals surface area (Å²) in [5.74, 6) is 0.521. The van der Waals surface area contributed by atoms with Crippen molar-refractivity contribution in [2.45, 2.75) is 26.7 Å². The lowest BCUT2D eigenvalue weighted by Gasteiger charge is -2.01. The van der Waals surface area contributed by atoms with Gasteiger partial charge in [0.25, 0.3) is 0 Å². The molecule has 0 radical (unpaired) electrons. The first-order valence-electron chi connectivity index (χ1n) is 4.35. The predicted molar refractivity (Wildman–Crippen MR) is 60.2 cm³/mol. The number of hydrogen-bond acceptors (Lipinski definition) is 2. The molecule has 0 unspecified atom stereocenters. The molecule has 0 saturated heterocycles. The van der Waals surface area contributed by atoms with Gasteiger partial charge in [-0.15, -0.1) is 11.3 Å². The zero-order valence-electron chi connectivity index (χ0n) is 7.84. The maximum Gasteiger partial charge on any atom is 0.135 e. The first-order chi connectivity index (χ1) is 6.09. The summed E-state index contributed by atoms with van der Waals surface area (Å²) in [5, 5.41) is 2.05. The van der Waals surface area contributed by atoms with Crippen molar-refractivity contribution >= 4 is 33.0 Å². The first-order valence-corrected chi connectivity index (χ1v) is 6.02. The highest BCUT2D eigenvalue weighted by molar-refractivity contribution is 9.10. The first kappa shape index (κ1) is 10.9. The molecule has 0 spiro atoms. The van der Waals surface area contributed by atoms with E-state index in [1.807, 2.05) is 13.8 Å². The Kier molecular flexibility index (Phi) is 4.13. The Balaban J connectivity index is 2.39. The van der Waals surface area contributed by atoms with Crippen LogP contribution in [0.25, 0.3) is 0 Å². The molecule has 0 bridgehead atoms. The van der Waals surface area contributed by atoms with Gasteiger partial charge in [0.15, 0.2) is 0 Å². The molecule has 72 valence electrons. The second kappa shape index (κ2) is 4.91. The van der Waals surface area contributed by atoms with E-state index in [2.05, 4.69) is 27.4 Å². The second-order valence-corrected chi connectivity index (χ2v) is 5.26. The summed E-state index contributed by atoms with van der Waals surface area (Å²) in [6, 6.07) is 2.08. The minimum Gasteiger partial charge on any atom is -0.299 e. The molecule has 0 saturated carbocycles. The van der Waals surface area contributed by atoms with Crippen LogP contribution >= 0.6 is 27.3 Å². The topological polar surface area (TPSA) is 17.1 Å². The Morgan fingerprint density at radius 2 is 2.31 bits per heavy atom. The smallest absolute Gasteiger partial charge is 0.135 e. The molecule has 13 heavy (non-hydrogen) atoms. The number of ketones is 1. The molecular formula is C10H13BrOS. The van der Waals surface area contributed by atoms with Crippen LogP contribution in [0.2, 0.25) is 0 Å². The fourth-order valence-corrected chi connectivity index (χ4v) is 2.48. The summed E-state index contributed by atoms with van der Waals surface area (Å²) in [6.07, 6.45) is 1.55. The Labute approximate surface area is 91.3 Å². The predicted octanol–water partition coefficient (Wildman–Crippen LogP) is 3.67. The van der Waals surface area contributed by atoms with Crippen molar-refractivity contribution in [2.75, 3.05) is 0 Å². The fraction of sp³-hybridized carbons (Fsp3) is 0.500. The van der Waals surface area contributed by atoms with Crippen LogP contribution in [0.15, 0.2) is 15.9 Å². The van der Waals surface area contributed by atoms with Crippen molar-refractivity contribution < 1.29 is 4.79 Å². The fourth-order valence-electron chi connectivity index (χ4n) is 1.02. The van der Waals surface area contributed by atoms with Crippen LogP contribution < -0.4 is 0 Å². The van der Waals surface area contributed by atoms with Crippen LogP contribution in [0.1, 0.15) is 25.1 Å². The van der Waals surface area contributed by atoms with Gasteiger partial charge in [-0.25, -0.2) is 0 Å². The number of hydrogen-bond donors (Lipinski definition) is 0. The number of Topliss-reactive ketones (excluding diaryl/α,β-unsaturated/α-hetero) is 1. The lowest BCUT2D eigenvalue weighted by Crippen LogP contribution is -2.07. The number of aryl methyl sites for hydroxylation is 1. The molecule has 0 aliphatic heterocycles. The normalized spacial score (nSPS) is 10.8. The van der Waals surface area contributed by atoms with Crippen LogP contribution in [-0.4, -0.2) is 5.78 Å². The molecule has 0 aliphatic carbocycles. The molecule has 0 aliphatic rings. The van der Waals surface area contributed by atoms with E-state index in [0.29, 0.717) is 12.2 Å². The molecule has 1 nitrogen and oxygen atoms in total. The van der Waals surface area contributed by atoms with Crippen molar-refractivity contribution in [1.82, 2.24) is 0 Å². The van der Waals surface area contributed by atoms with Gasteiger partial charge in [-0.1, -0.05) is 13.8 Å². The van der Waals surface area contributed by atoms with E-state index >= 15 is 0 Å². The summed E-state index contributed by atoms with van der Waals surface area (Å²) >= 11 is 5.10. The number of rotatable bonds is 4. The highest BCUT2D eigenvalue weighted by atomic mass is 79.9. The second-order valence-electron chi connectivity index (χ2n) is 3.35. The molecule has 0 amide bonds. The van der Waals surface area contributed by atoms with Crippen LogP contribution in [0.4, 0.5) is 0 Å². The molecule has 0 aromatic carbocycles. The Morgan fingerprint density at radius 3 is 2.77 bits per heavy atom. The minimum absolute atomic E-state index is 0.170. The van der Waals surface area contributed by atoms with Crippen LogP contribution in [0.5, 0.6) is 0 Å². The summed E-state index contributed by atoms with van der Waals surface area (Å²) in [7, 11) is 0. The van der Waals surface area contributed by atoms with Gasteiger partial charge in [-0.05, 0) is 28.4 Å². The van der Waals surface area contributed by atoms with Crippen LogP contribution in [0.3, 0.4) is 0 Å². The van der Waals surface area contributed by atoms with Crippen LogP contribution in [0, 0.1) is 5.92 Å². The number of thiophene rings is 1. The summed E-state index contributed by atoms with van der Waals surface area (Å²) in [5.41, 5.74) is 0. The maximum atomic E-state index is 11.3. The van der Waals surface area contributed by atoms with Gasteiger partial charge in [0.1, 0.15) is 5.78 Å². The summed E-state index contributed by atoms with van der Waals surface area (Å²) < 4.78 is 1.12. The highest BCUT2D eigenvalue weighted by Gasteiger charge is 2.07. The number of carbonyl (C=O) groups excluding carboxylic acids is 1. The van der Waals surface area contributed by atoms with Gasteiger partial charge in [0.2, 0.25) is 0 Å². The lowest BCUT2D eigenvalue weighted by atomic mass is 10.0. The van der Waals surface area contributed by atoms with E-state index in [9.17, 15) is 4.79 Å². The molecule has 1 aromatic heterocycles. The quantitative estimate of drug-likeness (QED) is 0.808. The van der Waals surface area contributed by atoms with E-state index in [-0.39, 0.29) is 5.92 Å². The molecule has 3 heteroatoms. The average Bonchev–Trinajstić information content (AvgIpc) is 2.47. The summed E-state index contributed by atoms with van der Waals surface area (Å²) in [4.78, 5) is 12.6. The van der Waals surface area contributed by atoms with Crippen molar-refractivity contribution in [3.63, 3.8) is 0 Å². The van der Waals surface area contributed by atoms with E-state index in [0.717, 1.165) is 10.9 Å². The largest absolute Gasteiger partial charge is 0.299 e. The van der Waals surface area contributed by atoms with E-state index in [1.165, 1.54) is 4.88 Å². The molecule has 1 aromatic rings. The van der Waals surface area contributed by atoms with Gasteiger partial charge in [-0.3, -0.25) is 4.79 Å². The zero-order chi connectivity index (χ0) is 9.84. The molecule has 0 fully saturated rings. The molecular weight excluding hydrogens is 248 g/mol. The molecule has 0 N–H and O–H groups in total. The Morgan fingerprint density at radius 1 is 1.62 bits per heavy atom. The van der Waals surface area contributed by atoms with E-state index < -0.39 is 0 Å². The monoisotopic (exact) mass is 260 g/mol. The molecule has 0 atom stereocenters. The Bertz CT molecular complexity index is 291. The van der Waals surface area contributed by atoms with E-state index in [1.54, 1.807) is 11.3 Å². The van der Waals surface area contributed by atoms with Gasteiger partial charge in [-0.2, -0.15) is 0 Å². The third kappa shape index (κ3) is 3.61. The third-order valence-corrected chi connectivity index (χ3v) is 3.64. The van der Waals surface area contributed by atoms with Crippen molar-refractivity contribution in [1.29, 1.82) is 0 Å². The van der Waals surface area contributed by atoms with Gasteiger partial charge in [0, 0.05) is 27.1 Å². The summed E-state index contributed by atoms with van der Waals surface area (Å²) in [6.45, 7) is 3.90.